The molecule has 1 N–H and O–H groups in total. The van der Waals surface area contributed by atoms with Gasteiger partial charge in [0.2, 0.25) is 5.76 Å². The molecule has 0 aliphatic rings. The predicted octanol–water partition coefficient (Wildman–Crippen LogP) is 2.43. The lowest BCUT2D eigenvalue weighted by Crippen LogP contribution is -2.35. The quantitative estimate of drug-likeness (QED) is 0.627. The van der Waals surface area contributed by atoms with Crippen molar-refractivity contribution in [3.8, 4) is 0 Å². The van der Waals surface area contributed by atoms with E-state index in [1.54, 1.807) is 12.1 Å². The van der Waals surface area contributed by atoms with Crippen molar-refractivity contribution in [2.24, 2.45) is 0 Å². The number of nitrogens with one attached hydrogen (secondary N) is 1. The Morgan fingerprint density at radius 3 is 2.83 bits per heavy atom. The average Bonchev–Trinajstić information content (AvgIpc) is 2.92. The molecule has 0 spiro atoms. The Hall–Kier alpha value is -2.60. The van der Waals surface area contributed by atoms with Crippen molar-refractivity contribution in [1.29, 1.82) is 0 Å². The summed E-state index contributed by atoms with van der Waals surface area (Å²) >= 11 is 0. The molecule has 6 heteroatoms. The first-order valence-electron chi connectivity index (χ1n) is 7.17. The first kappa shape index (κ1) is 16.8. The number of hydrogen-bond donors (Lipinski definition) is 1. The van der Waals surface area contributed by atoms with E-state index >= 15 is 0 Å². The molecule has 1 aromatic carbocycles. The van der Waals surface area contributed by atoms with E-state index in [4.69, 9.17) is 13.9 Å². The second-order valence-corrected chi connectivity index (χ2v) is 4.92. The molecular weight excluding hydrogens is 298 g/mol. The van der Waals surface area contributed by atoms with Crippen LogP contribution < -0.4 is 5.32 Å². The third kappa shape index (κ3) is 3.78. The van der Waals surface area contributed by atoms with Gasteiger partial charge in [0.05, 0.1) is 6.61 Å². The molecule has 6 nitrogen and oxygen atoms in total. The van der Waals surface area contributed by atoms with Crippen LogP contribution in [-0.2, 0) is 20.9 Å². The van der Waals surface area contributed by atoms with Crippen molar-refractivity contribution < 1.29 is 23.5 Å². The first-order valence-corrected chi connectivity index (χ1v) is 7.17. The number of benzene rings is 1. The fourth-order valence-corrected chi connectivity index (χ4v) is 2.14. The molecule has 0 aliphatic heterocycles. The van der Waals surface area contributed by atoms with Crippen LogP contribution in [-0.4, -0.2) is 31.6 Å². The maximum absolute atomic E-state index is 12.3. The second-order valence-electron chi connectivity index (χ2n) is 4.92. The fourth-order valence-electron chi connectivity index (χ4n) is 2.14. The van der Waals surface area contributed by atoms with E-state index in [2.05, 4.69) is 11.9 Å². The van der Waals surface area contributed by atoms with Gasteiger partial charge in [-0.3, -0.25) is 4.79 Å². The van der Waals surface area contributed by atoms with Crippen molar-refractivity contribution in [2.45, 2.75) is 19.6 Å². The van der Waals surface area contributed by atoms with Gasteiger partial charge in [0, 0.05) is 24.6 Å². The minimum atomic E-state index is -0.939. The van der Waals surface area contributed by atoms with E-state index in [1.807, 2.05) is 18.2 Å². The van der Waals surface area contributed by atoms with Gasteiger partial charge in [-0.1, -0.05) is 24.3 Å². The van der Waals surface area contributed by atoms with Gasteiger partial charge in [0.1, 0.15) is 5.58 Å². The Kier molecular flexibility index (Phi) is 5.54. The molecule has 0 radical (unpaired) electrons. The summed E-state index contributed by atoms with van der Waals surface area (Å²) < 4.78 is 15.9. The average molecular weight is 317 g/mol. The number of methoxy groups -OCH3 is 1. The zero-order valence-corrected chi connectivity index (χ0v) is 13.1. The zero-order valence-electron chi connectivity index (χ0n) is 13.1. The minimum absolute atomic E-state index is 0.0522. The molecule has 0 bridgehead atoms. The summed E-state index contributed by atoms with van der Waals surface area (Å²) in [6, 6.07) is 7.25. The lowest BCUT2D eigenvalue weighted by atomic mass is 10.1. The van der Waals surface area contributed by atoms with Gasteiger partial charge in [-0.15, -0.1) is 6.58 Å². The van der Waals surface area contributed by atoms with Gasteiger partial charge >= 0.3 is 5.97 Å². The maximum atomic E-state index is 12.3. The molecular formula is C17H19NO5. The van der Waals surface area contributed by atoms with Crippen LogP contribution in [0.15, 0.2) is 41.3 Å². The molecule has 0 saturated heterocycles. The van der Waals surface area contributed by atoms with E-state index in [0.717, 1.165) is 5.39 Å². The molecule has 0 saturated carbocycles. The highest BCUT2D eigenvalue weighted by atomic mass is 16.6. The van der Waals surface area contributed by atoms with E-state index < -0.39 is 18.0 Å². The Bertz CT molecular complexity index is 719. The second kappa shape index (κ2) is 7.60. The summed E-state index contributed by atoms with van der Waals surface area (Å²) in [7, 11) is 1.53. The third-order valence-electron chi connectivity index (χ3n) is 3.25. The summed E-state index contributed by atoms with van der Waals surface area (Å²) in [5.41, 5.74) is 1.17. The molecule has 2 aromatic rings. The summed E-state index contributed by atoms with van der Waals surface area (Å²) in [6.07, 6.45) is 0.605. The number of carbonyl (C=O) groups is 2. The number of amides is 1. The molecule has 1 atom stereocenters. The standard InChI is InChI=1S/C17H19NO5/c1-4-9-18-16(19)11(2)22-17(20)15-13(10-21-3)12-7-5-6-8-14(12)23-15/h4-8,11H,1,9-10H2,2-3H3,(H,18,19)/t11-/m1/s1. The molecule has 0 aliphatic carbocycles. The lowest BCUT2D eigenvalue weighted by Gasteiger charge is -2.12. The third-order valence-corrected chi connectivity index (χ3v) is 3.25. The van der Waals surface area contributed by atoms with Crippen LogP contribution in [0.5, 0.6) is 0 Å². The number of esters is 1. The van der Waals surface area contributed by atoms with Gasteiger partial charge < -0.3 is 19.2 Å². The summed E-state index contributed by atoms with van der Waals surface area (Å²) in [5, 5.41) is 3.35. The Labute approximate surface area is 134 Å². The van der Waals surface area contributed by atoms with Crippen molar-refractivity contribution >= 4 is 22.8 Å². The van der Waals surface area contributed by atoms with Crippen molar-refractivity contribution in [3.63, 3.8) is 0 Å². The Balaban J connectivity index is 2.21. The number of hydrogen-bond acceptors (Lipinski definition) is 5. The van der Waals surface area contributed by atoms with Crippen LogP contribution in [0, 0.1) is 0 Å². The number of ether oxygens (including phenoxy) is 2. The molecule has 23 heavy (non-hydrogen) atoms. The highest BCUT2D eigenvalue weighted by Gasteiger charge is 2.25. The summed E-state index contributed by atoms with van der Waals surface area (Å²) in [6.45, 7) is 5.51. The summed E-state index contributed by atoms with van der Waals surface area (Å²) in [4.78, 5) is 24.1. The number of para-hydroxylation sites is 1. The topological polar surface area (TPSA) is 77.8 Å². The number of rotatable bonds is 7. The summed E-state index contributed by atoms with van der Waals surface area (Å²) in [5.74, 6) is -1.05. The van der Waals surface area contributed by atoms with E-state index in [9.17, 15) is 9.59 Å². The SMILES string of the molecule is C=CCNC(=O)[C@@H](C)OC(=O)c1oc2ccccc2c1COC. The van der Waals surface area contributed by atoms with Crippen molar-refractivity contribution in [1.82, 2.24) is 5.32 Å². The molecule has 1 heterocycles. The molecule has 0 unspecified atom stereocenters. The zero-order chi connectivity index (χ0) is 16.8. The highest BCUT2D eigenvalue weighted by molar-refractivity contribution is 5.97. The molecule has 2 rings (SSSR count). The smallest absolute Gasteiger partial charge is 0.375 e. The van der Waals surface area contributed by atoms with E-state index in [0.29, 0.717) is 17.7 Å². The maximum Gasteiger partial charge on any atom is 0.375 e. The van der Waals surface area contributed by atoms with Crippen LogP contribution >= 0.6 is 0 Å². The molecule has 0 fully saturated rings. The van der Waals surface area contributed by atoms with Crippen LogP contribution in [0.2, 0.25) is 0 Å². The number of fused-ring (bicyclic) bond motifs is 1. The van der Waals surface area contributed by atoms with Crippen LogP contribution in [0.4, 0.5) is 0 Å². The van der Waals surface area contributed by atoms with Gasteiger partial charge in [0.15, 0.2) is 6.10 Å². The van der Waals surface area contributed by atoms with Gasteiger partial charge in [0.25, 0.3) is 5.91 Å². The van der Waals surface area contributed by atoms with Gasteiger partial charge in [-0.2, -0.15) is 0 Å². The predicted molar refractivity (Wildman–Crippen MR) is 85.0 cm³/mol. The van der Waals surface area contributed by atoms with Crippen molar-refractivity contribution in [3.05, 3.63) is 48.2 Å². The Morgan fingerprint density at radius 2 is 2.13 bits per heavy atom. The largest absolute Gasteiger partial charge is 0.449 e. The molecule has 1 amide bonds. The normalized spacial score (nSPS) is 11.9. The fraction of sp³-hybridized carbons (Fsp3) is 0.294. The van der Waals surface area contributed by atoms with Gasteiger partial charge in [-0.05, 0) is 13.0 Å². The van der Waals surface area contributed by atoms with Crippen LogP contribution in [0.3, 0.4) is 0 Å². The Morgan fingerprint density at radius 1 is 1.39 bits per heavy atom. The first-order chi connectivity index (χ1) is 11.1. The van der Waals surface area contributed by atoms with Crippen molar-refractivity contribution in [2.75, 3.05) is 13.7 Å². The molecule has 122 valence electrons. The van der Waals surface area contributed by atoms with Crippen LogP contribution in [0.1, 0.15) is 23.0 Å². The number of furan rings is 1. The monoisotopic (exact) mass is 317 g/mol. The van der Waals surface area contributed by atoms with Gasteiger partial charge in [-0.25, -0.2) is 4.79 Å². The lowest BCUT2D eigenvalue weighted by molar-refractivity contribution is -0.128. The number of carbonyl (C=O) groups excluding carboxylic acids is 2. The van der Waals surface area contributed by atoms with Crippen LogP contribution in [0.25, 0.3) is 11.0 Å². The van der Waals surface area contributed by atoms with E-state index in [-0.39, 0.29) is 12.4 Å². The van der Waals surface area contributed by atoms with E-state index in [1.165, 1.54) is 14.0 Å². The molecule has 1 aromatic heterocycles. The highest BCUT2D eigenvalue weighted by Crippen LogP contribution is 2.27. The minimum Gasteiger partial charge on any atom is -0.449 e.